The standard InChI is InChI=1S/C12H10F/c1-9-5-6-11(7-9)10-3-2-4-12(13)8-10/h2-8H,1H3/q-1. The summed E-state index contributed by atoms with van der Waals surface area (Å²) in [6, 6.07) is 12.7. The van der Waals surface area contributed by atoms with Gasteiger partial charge in [0.25, 0.3) is 0 Å². The molecule has 0 saturated heterocycles. The molecule has 0 radical (unpaired) electrons. The van der Waals surface area contributed by atoms with Gasteiger partial charge in [-0.1, -0.05) is 24.6 Å². The summed E-state index contributed by atoms with van der Waals surface area (Å²) in [6.45, 7) is 2.03. The lowest BCUT2D eigenvalue weighted by Gasteiger charge is -2.03. The quantitative estimate of drug-likeness (QED) is 0.579. The minimum Gasteiger partial charge on any atom is -0.207 e. The molecule has 0 saturated carbocycles. The Bertz CT molecular complexity index is 413. The largest absolute Gasteiger partial charge is 0.207 e. The Hall–Kier alpha value is -1.50. The Balaban J connectivity index is 2.46. The number of hydrogen-bond acceptors (Lipinski definition) is 0. The van der Waals surface area contributed by atoms with Gasteiger partial charge in [0.05, 0.1) is 0 Å². The first-order valence-corrected chi connectivity index (χ1v) is 4.25. The van der Waals surface area contributed by atoms with E-state index >= 15 is 0 Å². The van der Waals surface area contributed by atoms with Crippen molar-refractivity contribution >= 4 is 0 Å². The summed E-state index contributed by atoms with van der Waals surface area (Å²) in [6.07, 6.45) is 0. The van der Waals surface area contributed by atoms with Crippen LogP contribution in [0.25, 0.3) is 11.1 Å². The first kappa shape index (κ1) is 8.11. The van der Waals surface area contributed by atoms with Gasteiger partial charge >= 0.3 is 0 Å². The normalized spacial score (nSPS) is 10.3. The van der Waals surface area contributed by atoms with Gasteiger partial charge in [-0.15, -0.1) is 0 Å². The van der Waals surface area contributed by atoms with Gasteiger partial charge in [-0.2, -0.15) is 23.3 Å². The van der Waals surface area contributed by atoms with Gasteiger partial charge in [0.15, 0.2) is 0 Å². The summed E-state index contributed by atoms with van der Waals surface area (Å²) in [5.41, 5.74) is 3.23. The Kier molecular flexibility index (Phi) is 1.93. The number of benzene rings is 1. The molecule has 0 N–H and O–H groups in total. The zero-order valence-corrected chi connectivity index (χ0v) is 7.42. The molecule has 0 heterocycles. The highest BCUT2D eigenvalue weighted by molar-refractivity contribution is 5.65. The molecular formula is C12H10F-. The molecule has 1 heteroatoms. The minimum atomic E-state index is -0.184. The number of halogens is 1. The van der Waals surface area contributed by atoms with E-state index in [0.29, 0.717) is 0 Å². The lowest BCUT2D eigenvalue weighted by atomic mass is 10.1. The van der Waals surface area contributed by atoms with Gasteiger partial charge in [0.1, 0.15) is 5.82 Å². The van der Waals surface area contributed by atoms with Gasteiger partial charge in [-0.05, 0) is 12.1 Å². The van der Waals surface area contributed by atoms with E-state index in [1.807, 2.05) is 25.1 Å². The van der Waals surface area contributed by atoms with E-state index in [-0.39, 0.29) is 5.82 Å². The summed E-state index contributed by atoms with van der Waals surface area (Å²) in [5.74, 6) is -0.184. The fraction of sp³-hybridized carbons (Fsp3) is 0.0833. The van der Waals surface area contributed by atoms with Crippen LogP contribution in [0.3, 0.4) is 0 Å². The third kappa shape index (κ3) is 1.64. The topological polar surface area (TPSA) is 0 Å². The van der Waals surface area contributed by atoms with Gasteiger partial charge in [0.2, 0.25) is 0 Å². The molecule has 2 aromatic rings. The second kappa shape index (κ2) is 3.09. The smallest absolute Gasteiger partial charge is 0.122 e. The van der Waals surface area contributed by atoms with Crippen molar-refractivity contribution in [2.24, 2.45) is 0 Å². The SMILES string of the molecule is C[c-]1ccc(-c2cccc(F)c2)c1. The first-order chi connectivity index (χ1) is 6.25. The molecule has 0 nitrogen and oxygen atoms in total. The Labute approximate surface area is 77.0 Å². The predicted octanol–water partition coefficient (Wildman–Crippen LogP) is 3.52. The molecule has 0 aliphatic carbocycles. The maximum Gasteiger partial charge on any atom is 0.122 e. The molecular weight excluding hydrogens is 163 g/mol. The van der Waals surface area contributed by atoms with Crippen molar-refractivity contribution in [2.45, 2.75) is 6.92 Å². The van der Waals surface area contributed by atoms with Crippen LogP contribution < -0.4 is 0 Å². The average molecular weight is 173 g/mol. The highest BCUT2D eigenvalue weighted by atomic mass is 19.1. The van der Waals surface area contributed by atoms with Crippen LogP contribution in [0.1, 0.15) is 5.56 Å². The maximum atomic E-state index is 12.9. The van der Waals surface area contributed by atoms with E-state index in [1.165, 1.54) is 11.6 Å². The van der Waals surface area contributed by atoms with Crippen molar-refractivity contribution in [2.75, 3.05) is 0 Å². The number of rotatable bonds is 1. The van der Waals surface area contributed by atoms with Crippen LogP contribution in [0.4, 0.5) is 4.39 Å². The third-order valence-corrected chi connectivity index (χ3v) is 2.07. The summed E-state index contributed by atoms with van der Waals surface area (Å²) >= 11 is 0. The van der Waals surface area contributed by atoms with E-state index in [1.54, 1.807) is 12.1 Å². The van der Waals surface area contributed by atoms with Gasteiger partial charge in [-0.25, -0.2) is 10.5 Å². The average Bonchev–Trinajstić information content (AvgIpc) is 2.52. The monoisotopic (exact) mass is 173 g/mol. The molecule has 0 fully saturated rings. The minimum absolute atomic E-state index is 0.184. The van der Waals surface area contributed by atoms with Crippen LogP contribution in [-0.4, -0.2) is 0 Å². The molecule has 0 atom stereocenters. The van der Waals surface area contributed by atoms with Gasteiger partial charge < -0.3 is 0 Å². The van der Waals surface area contributed by atoms with Crippen LogP contribution in [-0.2, 0) is 0 Å². The highest BCUT2D eigenvalue weighted by Crippen LogP contribution is 2.22. The lowest BCUT2D eigenvalue weighted by molar-refractivity contribution is 0.628. The molecule has 0 aromatic heterocycles. The predicted molar refractivity (Wildman–Crippen MR) is 52.2 cm³/mol. The van der Waals surface area contributed by atoms with E-state index in [4.69, 9.17) is 0 Å². The Morgan fingerprint density at radius 1 is 1.15 bits per heavy atom. The zero-order chi connectivity index (χ0) is 9.26. The fourth-order valence-electron chi connectivity index (χ4n) is 1.41. The maximum absolute atomic E-state index is 12.9. The number of aryl methyl sites for hydroxylation is 1. The first-order valence-electron chi connectivity index (χ1n) is 4.25. The van der Waals surface area contributed by atoms with Crippen LogP contribution in [0.15, 0.2) is 42.5 Å². The zero-order valence-electron chi connectivity index (χ0n) is 7.42. The summed E-state index contributed by atoms with van der Waals surface area (Å²) in [5, 5.41) is 0. The van der Waals surface area contributed by atoms with Crippen molar-refractivity contribution in [1.82, 2.24) is 0 Å². The van der Waals surface area contributed by atoms with Crippen molar-refractivity contribution < 1.29 is 4.39 Å². The van der Waals surface area contributed by atoms with E-state index < -0.39 is 0 Å². The molecule has 13 heavy (non-hydrogen) atoms. The van der Waals surface area contributed by atoms with Crippen molar-refractivity contribution in [3.8, 4) is 11.1 Å². The van der Waals surface area contributed by atoms with E-state index in [9.17, 15) is 4.39 Å². The summed E-state index contributed by atoms with van der Waals surface area (Å²) < 4.78 is 12.9. The number of hydrogen-bond donors (Lipinski definition) is 0. The van der Waals surface area contributed by atoms with Crippen LogP contribution in [0.5, 0.6) is 0 Å². The lowest BCUT2D eigenvalue weighted by Crippen LogP contribution is -1.75. The van der Waals surface area contributed by atoms with Crippen LogP contribution in [0.2, 0.25) is 0 Å². The fourth-order valence-corrected chi connectivity index (χ4v) is 1.41. The van der Waals surface area contributed by atoms with Crippen LogP contribution >= 0.6 is 0 Å². The summed E-state index contributed by atoms with van der Waals surface area (Å²) in [7, 11) is 0. The molecule has 0 aliphatic rings. The Morgan fingerprint density at radius 3 is 2.62 bits per heavy atom. The second-order valence-electron chi connectivity index (χ2n) is 3.19. The van der Waals surface area contributed by atoms with Crippen molar-refractivity contribution in [1.29, 1.82) is 0 Å². The molecule has 0 bridgehead atoms. The van der Waals surface area contributed by atoms with Crippen LogP contribution in [0, 0.1) is 12.7 Å². The van der Waals surface area contributed by atoms with E-state index in [2.05, 4.69) is 6.07 Å². The van der Waals surface area contributed by atoms with Crippen molar-refractivity contribution in [3.63, 3.8) is 0 Å². The van der Waals surface area contributed by atoms with Gasteiger partial charge in [-0.3, -0.25) is 0 Å². The molecule has 0 unspecified atom stereocenters. The van der Waals surface area contributed by atoms with E-state index in [0.717, 1.165) is 11.1 Å². The molecule has 0 amide bonds. The second-order valence-corrected chi connectivity index (χ2v) is 3.19. The molecule has 2 rings (SSSR count). The summed E-state index contributed by atoms with van der Waals surface area (Å²) in [4.78, 5) is 0. The van der Waals surface area contributed by atoms with Gasteiger partial charge in [0, 0.05) is 0 Å². The molecule has 66 valence electrons. The third-order valence-electron chi connectivity index (χ3n) is 2.07. The van der Waals surface area contributed by atoms with Crippen molar-refractivity contribution in [3.05, 3.63) is 53.8 Å². The highest BCUT2D eigenvalue weighted by Gasteiger charge is 1.92. The molecule has 2 aromatic carbocycles. The molecule has 0 spiro atoms. The Morgan fingerprint density at radius 2 is 2.00 bits per heavy atom. The molecule has 0 aliphatic heterocycles.